The van der Waals surface area contributed by atoms with Gasteiger partial charge in [-0.3, -0.25) is 9.36 Å². The van der Waals surface area contributed by atoms with E-state index in [-0.39, 0.29) is 25.3 Å². The van der Waals surface area contributed by atoms with Crippen LogP contribution in [-0.4, -0.2) is 43.7 Å². The fourth-order valence-electron chi connectivity index (χ4n) is 4.68. The third-order valence-electron chi connectivity index (χ3n) is 7.04. The molecule has 0 fully saturated rings. The number of carbonyl (C=O) groups is 1. The maximum atomic E-state index is 13.0. The summed E-state index contributed by atoms with van der Waals surface area (Å²) in [6.45, 7) is 5.88. The van der Waals surface area contributed by atoms with Crippen LogP contribution in [0.3, 0.4) is 0 Å². The monoisotopic (exact) mass is 598 g/mol. The van der Waals surface area contributed by atoms with Crippen molar-refractivity contribution in [2.75, 3.05) is 11.9 Å². The van der Waals surface area contributed by atoms with E-state index in [4.69, 9.17) is 4.74 Å². The number of rotatable bonds is 20. The van der Waals surface area contributed by atoms with Crippen molar-refractivity contribution < 1.29 is 27.8 Å². The number of hydrogen-bond acceptors (Lipinski definition) is 6. The van der Waals surface area contributed by atoms with Gasteiger partial charge in [0, 0.05) is 26.1 Å². The number of anilines is 1. The van der Waals surface area contributed by atoms with Gasteiger partial charge in [-0.1, -0.05) is 58.1 Å². The van der Waals surface area contributed by atoms with E-state index in [1.807, 2.05) is 25.1 Å². The van der Waals surface area contributed by atoms with E-state index in [0.29, 0.717) is 44.4 Å². The number of unbranched alkanes of at least 4 members (excludes halogenated alkanes) is 5. The van der Waals surface area contributed by atoms with Crippen molar-refractivity contribution in [3.63, 3.8) is 0 Å². The lowest BCUT2D eigenvalue weighted by Crippen LogP contribution is -2.43. The molecule has 0 spiro atoms. The molecule has 1 heterocycles. The third kappa shape index (κ3) is 11.5. The molecule has 0 saturated heterocycles. The number of nitrogens with zero attached hydrogens (tertiary/aromatic N) is 3. The predicted octanol–water partition coefficient (Wildman–Crippen LogP) is 6.17. The number of benzene rings is 1. The molecule has 2 aromatic rings. The van der Waals surface area contributed by atoms with E-state index in [1.165, 1.54) is 0 Å². The summed E-state index contributed by atoms with van der Waals surface area (Å²) < 4.78 is 45.8. The second-order valence-corrected chi connectivity index (χ2v) is 10.9. The van der Waals surface area contributed by atoms with Gasteiger partial charge in [-0.05, 0) is 63.1 Å². The highest BCUT2D eigenvalue weighted by Crippen LogP contribution is 2.25. The molecule has 2 rings (SSSR count). The van der Waals surface area contributed by atoms with Crippen LogP contribution in [-0.2, 0) is 24.3 Å². The lowest BCUT2D eigenvalue weighted by atomic mass is 10.0. The summed E-state index contributed by atoms with van der Waals surface area (Å²) in [4.78, 5) is 37.6. The molecule has 2 N–H and O–H groups in total. The number of nitrogens with one attached hydrogen (secondary N) is 1. The maximum Gasteiger partial charge on any atom is 0.389 e. The second kappa shape index (κ2) is 17.0. The van der Waals surface area contributed by atoms with Crippen molar-refractivity contribution >= 4 is 11.8 Å². The molecule has 0 bridgehead atoms. The Labute approximate surface area is 245 Å². The van der Waals surface area contributed by atoms with Gasteiger partial charge in [0.05, 0.1) is 0 Å². The summed E-state index contributed by atoms with van der Waals surface area (Å²) in [6.07, 6.45) is 1.98. The molecule has 1 atom stereocenters. The van der Waals surface area contributed by atoms with Crippen molar-refractivity contribution in [3.8, 4) is 5.75 Å². The number of halogens is 3. The molecular formula is C30H45F3N4O5. The zero-order chi connectivity index (χ0) is 31.2. The number of carboxylic acids is 1. The number of carboxylic acid groups (broad SMARTS) is 1. The zero-order valence-electron chi connectivity index (χ0n) is 25.0. The Kier molecular flexibility index (Phi) is 14.1. The molecule has 0 radical (unpaired) electrons. The summed E-state index contributed by atoms with van der Waals surface area (Å²) >= 11 is 0. The summed E-state index contributed by atoms with van der Waals surface area (Å²) in [5, 5.41) is 16.6. The van der Waals surface area contributed by atoms with E-state index < -0.39 is 35.4 Å². The topological polar surface area (TPSA) is 115 Å². The van der Waals surface area contributed by atoms with Crippen LogP contribution in [0.2, 0.25) is 0 Å². The molecule has 1 aromatic heterocycles. The normalized spacial score (nSPS) is 13.1. The average molecular weight is 599 g/mol. The Bertz CT molecular complexity index is 1240. The van der Waals surface area contributed by atoms with Gasteiger partial charge >= 0.3 is 17.8 Å². The van der Waals surface area contributed by atoms with Crippen LogP contribution in [0, 0.1) is 0 Å². The molecule has 0 aliphatic heterocycles. The van der Waals surface area contributed by atoms with Crippen LogP contribution < -0.4 is 21.3 Å². The second-order valence-electron chi connectivity index (χ2n) is 10.9. The Hall–Kier alpha value is -3.31. The van der Waals surface area contributed by atoms with E-state index in [9.17, 15) is 32.7 Å². The summed E-state index contributed by atoms with van der Waals surface area (Å²) in [5.41, 5.74) is -1.60. The highest BCUT2D eigenvalue weighted by molar-refractivity contribution is 5.77. The van der Waals surface area contributed by atoms with E-state index >= 15 is 0 Å². The highest BCUT2D eigenvalue weighted by atomic mass is 19.4. The van der Waals surface area contributed by atoms with E-state index in [0.717, 1.165) is 46.9 Å². The molecule has 12 heteroatoms. The lowest BCUT2D eigenvalue weighted by molar-refractivity contribution is -0.154. The van der Waals surface area contributed by atoms with Gasteiger partial charge in [-0.15, -0.1) is 5.10 Å². The molecule has 236 valence electrons. The first-order valence-corrected chi connectivity index (χ1v) is 14.9. The number of ether oxygens (including phenoxy) is 1. The van der Waals surface area contributed by atoms with Gasteiger partial charge in [-0.25, -0.2) is 14.3 Å². The lowest BCUT2D eigenvalue weighted by Gasteiger charge is -2.26. The van der Waals surface area contributed by atoms with Crippen molar-refractivity contribution in [2.45, 2.75) is 123 Å². The molecule has 0 aliphatic carbocycles. The van der Waals surface area contributed by atoms with Gasteiger partial charge < -0.3 is 15.2 Å². The van der Waals surface area contributed by atoms with Gasteiger partial charge in [0.1, 0.15) is 5.75 Å². The van der Waals surface area contributed by atoms with E-state index in [2.05, 4.69) is 17.3 Å². The van der Waals surface area contributed by atoms with Crippen LogP contribution in [0.15, 0.2) is 33.9 Å². The predicted molar refractivity (Wildman–Crippen MR) is 156 cm³/mol. The smallest absolute Gasteiger partial charge is 0.389 e. The van der Waals surface area contributed by atoms with E-state index in [1.54, 1.807) is 13.0 Å². The van der Waals surface area contributed by atoms with Crippen molar-refractivity contribution in [1.29, 1.82) is 0 Å². The van der Waals surface area contributed by atoms with Crippen LogP contribution in [0.5, 0.6) is 5.75 Å². The summed E-state index contributed by atoms with van der Waals surface area (Å²) in [5.74, 6) is -0.581. The fourth-order valence-corrected chi connectivity index (χ4v) is 4.68. The SMILES string of the molecule is CCCCCCCn1c(=O)c(NCCCCc2cccc(OC(C)(CCC)C(=O)O)c2)nn(CCCC(F)(F)F)c1=O. The first-order valence-electron chi connectivity index (χ1n) is 14.9. The third-order valence-corrected chi connectivity index (χ3v) is 7.04. The maximum absolute atomic E-state index is 13.0. The average Bonchev–Trinajstić information content (AvgIpc) is 2.91. The van der Waals surface area contributed by atoms with Crippen molar-refractivity contribution in [1.82, 2.24) is 14.3 Å². The van der Waals surface area contributed by atoms with Gasteiger partial charge in [0.25, 0.3) is 5.56 Å². The van der Waals surface area contributed by atoms with Crippen LogP contribution >= 0.6 is 0 Å². The number of aliphatic carboxylic acids is 1. The van der Waals surface area contributed by atoms with Crippen molar-refractivity contribution in [3.05, 3.63) is 50.7 Å². The quantitative estimate of drug-likeness (QED) is 0.175. The van der Waals surface area contributed by atoms with Gasteiger partial charge in [0.2, 0.25) is 11.4 Å². The number of alkyl halides is 3. The molecule has 42 heavy (non-hydrogen) atoms. The number of aryl methyl sites for hydroxylation is 2. The molecule has 0 amide bonds. The Morgan fingerprint density at radius 3 is 2.38 bits per heavy atom. The summed E-state index contributed by atoms with van der Waals surface area (Å²) in [6, 6.07) is 7.29. The molecular weight excluding hydrogens is 553 g/mol. The fraction of sp³-hybridized carbons (Fsp3) is 0.667. The van der Waals surface area contributed by atoms with Gasteiger partial charge in [-0.2, -0.15) is 13.2 Å². The Morgan fingerprint density at radius 2 is 1.71 bits per heavy atom. The van der Waals surface area contributed by atoms with Crippen LogP contribution in [0.4, 0.5) is 19.0 Å². The Balaban J connectivity index is 2.03. The van der Waals surface area contributed by atoms with Crippen LogP contribution in [0.1, 0.15) is 97.0 Å². The number of aromatic nitrogens is 3. The molecule has 9 nitrogen and oxygen atoms in total. The number of hydrogen-bond donors (Lipinski definition) is 2. The largest absolute Gasteiger partial charge is 0.478 e. The summed E-state index contributed by atoms with van der Waals surface area (Å²) in [7, 11) is 0. The first kappa shape index (κ1) is 34.9. The molecule has 1 aromatic carbocycles. The minimum absolute atomic E-state index is 0.0468. The molecule has 0 aliphatic rings. The standard InChI is InChI=1S/C30H45F3N4O5/c1-4-6-7-8-11-20-36-26(38)25(35-37(28(36)41)21-13-18-30(31,32)33)34-19-10-9-14-23-15-12-16-24(22-23)42-29(3,17-5-2)27(39)40/h12,15-16,22H,4-11,13-14,17-21H2,1-3H3,(H,34,35)(H,39,40). The molecule has 0 saturated carbocycles. The Morgan fingerprint density at radius 1 is 0.976 bits per heavy atom. The van der Waals surface area contributed by atoms with Crippen LogP contribution in [0.25, 0.3) is 0 Å². The minimum Gasteiger partial charge on any atom is -0.478 e. The van der Waals surface area contributed by atoms with Crippen molar-refractivity contribution in [2.24, 2.45) is 0 Å². The van der Waals surface area contributed by atoms with Gasteiger partial charge in [0.15, 0.2) is 0 Å². The first-order chi connectivity index (χ1) is 19.9. The zero-order valence-corrected chi connectivity index (χ0v) is 25.0. The highest BCUT2D eigenvalue weighted by Gasteiger charge is 2.34. The molecule has 1 unspecified atom stereocenters. The minimum atomic E-state index is -4.34.